The molecule has 0 radical (unpaired) electrons. The number of carbonyl (C=O) groups excluding carboxylic acids is 2. The summed E-state index contributed by atoms with van der Waals surface area (Å²) in [7, 11) is 0. The number of rotatable bonds is 6. The molecule has 0 saturated carbocycles. The first-order chi connectivity index (χ1) is 9.13. The molecular weight excluding hydrogens is 262 g/mol. The number of nitrogens with one attached hydrogen (secondary N) is 1. The summed E-state index contributed by atoms with van der Waals surface area (Å²) in [6.45, 7) is 0.840. The van der Waals surface area contributed by atoms with Crippen molar-refractivity contribution in [3.05, 3.63) is 21.9 Å². The normalized spacial score (nSPS) is 9.53. The van der Waals surface area contributed by atoms with Gasteiger partial charge in [0, 0.05) is 13.0 Å². The van der Waals surface area contributed by atoms with Gasteiger partial charge in [0.15, 0.2) is 0 Å². The second kappa shape index (κ2) is 8.29. The molecule has 0 saturated heterocycles. The highest BCUT2D eigenvalue weighted by molar-refractivity contribution is 7.14. The van der Waals surface area contributed by atoms with Crippen molar-refractivity contribution in [2.45, 2.75) is 19.3 Å². The number of unbranched alkanes of at least 4 members (excludes halogenated alkanes) is 1. The van der Waals surface area contributed by atoms with Crippen LogP contribution in [0, 0.1) is 11.8 Å². The molecule has 5 nitrogen and oxygen atoms in total. The van der Waals surface area contributed by atoms with Gasteiger partial charge in [0.05, 0.1) is 16.3 Å². The van der Waals surface area contributed by atoms with Gasteiger partial charge in [-0.15, -0.1) is 11.3 Å². The molecule has 0 aromatic carbocycles. The number of hydrogen-bond acceptors (Lipinski definition) is 4. The van der Waals surface area contributed by atoms with E-state index >= 15 is 0 Å². The average Bonchev–Trinajstić information content (AvgIpc) is 2.84. The Hall–Kier alpha value is -1.84. The van der Waals surface area contributed by atoms with E-state index in [4.69, 9.17) is 11.5 Å². The molecule has 102 valence electrons. The first kappa shape index (κ1) is 15.2. The molecule has 0 atom stereocenters. The van der Waals surface area contributed by atoms with E-state index in [1.54, 1.807) is 12.1 Å². The lowest BCUT2D eigenvalue weighted by Gasteiger charge is -2.02. The summed E-state index contributed by atoms with van der Waals surface area (Å²) in [5, 5.41) is 2.79. The zero-order chi connectivity index (χ0) is 14.1. The lowest BCUT2D eigenvalue weighted by Crippen LogP contribution is -2.23. The quantitative estimate of drug-likeness (QED) is 0.520. The third kappa shape index (κ3) is 6.04. The van der Waals surface area contributed by atoms with Crippen LogP contribution in [0.5, 0.6) is 0 Å². The Labute approximate surface area is 116 Å². The van der Waals surface area contributed by atoms with E-state index in [2.05, 4.69) is 17.2 Å². The Morgan fingerprint density at radius 3 is 2.79 bits per heavy atom. The van der Waals surface area contributed by atoms with Gasteiger partial charge in [-0.25, -0.2) is 0 Å². The number of thiophene rings is 1. The molecule has 1 heterocycles. The molecule has 5 N–H and O–H groups in total. The largest absolute Gasteiger partial charge is 0.370 e. The van der Waals surface area contributed by atoms with Crippen molar-refractivity contribution >= 4 is 23.2 Å². The van der Waals surface area contributed by atoms with Gasteiger partial charge in [-0.2, -0.15) is 0 Å². The minimum Gasteiger partial charge on any atom is -0.370 e. The Morgan fingerprint density at radius 1 is 1.32 bits per heavy atom. The molecule has 2 amide bonds. The van der Waals surface area contributed by atoms with Crippen LogP contribution in [-0.2, 0) is 4.79 Å². The highest BCUT2D eigenvalue weighted by atomic mass is 32.1. The van der Waals surface area contributed by atoms with Crippen LogP contribution in [0.15, 0.2) is 12.1 Å². The number of hydrogen-bond donors (Lipinski definition) is 3. The summed E-state index contributed by atoms with van der Waals surface area (Å²) in [6.07, 6.45) is 1.78. The van der Waals surface area contributed by atoms with Gasteiger partial charge in [-0.3, -0.25) is 9.59 Å². The maximum absolute atomic E-state index is 11.8. The van der Waals surface area contributed by atoms with Crippen molar-refractivity contribution in [1.82, 2.24) is 5.32 Å². The highest BCUT2D eigenvalue weighted by Crippen LogP contribution is 2.15. The Balaban J connectivity index is 2.33. The minimum atomic E-state index is -0.312. The van der Waals surface area contributed by atoms with Crippen molar-refractivity contribution in [2.75, 3.05) is 13.1 Å². The number of nitrogens with two attached hydrogens (primary N) is 2. The lowest BCUT2D eigenvalue weighted by molar-refractivity contribution is -0.118. The topological polar surface area (TPSA) is 98.2 Å². The molecule has 0 unspecified atom stereocenters. The Kier molecular flexibility index (Phi) is 6.64. The molecular formula is C13H17N3O2S. The van der Waals surface area contributed by atoms with Gasteiger partial charge < -0.3 is 16.8 Å². The van der Waals surface area contributed by atoms with Crippen molar-refractivity contribution in [3.63, 3.8) is 0 Å². The summed E-state index contributed by atoms with van der Waals surface area (Å²) in [5.41, 5.74) is 10.3. The molecule has 6 heteroatoms. The van der Waals surface area contributed by atoms with Gasteiger partial charge in [0.1, 0.15) is 0 Å². The zero-order valence-electron chi connectivity index (χ0n) is 10.6. The fourth-order valence-corrected chi connectivity index (χ4v) is 2.18. The molecule has 0 spiro atoms. The molecule has 0 fully saturated rings. The summed E-state index contributed by atoms with van der Waals surface area (Å²) >= 11 is 1.33. The lowest BCUT2D eigenvalue weighted by atomic mass is 10.2. The first-order valence-electron chi connectivity index (χ1n) is 5.98. The maximum Gasteiger partial charge on any atom is 0.261 e. The minimum absolute atomic E-state index is 0.120. The number of primary amides is 1. The fourth-order valence-electron chi connectivity index (χ4n) is 1.38. The Morgan fingerprint density at radius 2 is 2.11 bits per heavy atom. The number of carbonyl (C=O) groups is 2. The van der Waals surface area contributed by atoms with E-state index in [9.17, 15) is 9.59 Å². The maximum atomic E-state index is 11.8. The summed E-state index contributed by atoms with van der Waals surface area (Å²) in [4.78, 5) is 23.7. The Bertz CT molecular complexity index is 499. The highest BCUT2D eigenvalue weighted by Gasteiger charge is 2.07. The van der Waals surface area contributed by atoms with Crippen LogP contribution in [0.2, 0.25) is 0 Å². The van der Waals surface area contributed by atoms with Crippen molar-refractivity contribution < 1.29 is 9.59 Å². The molecule has 0 bridgehead atoms. The third-order valence-electron chi connectivity index (χ3n) is 2.28. The van der Waals surface area contributed by atoms with Gasteiger partial charge in [0.25, 0.3) is 5.91 Å². The molecule has 0 aliphatic heterocycles. The van der Waals surface area contributed by atoms with Crippen LogP contribution < -0.4 is 16.8 Å². The van der Waals surface area contributed by atoms with Crippen LogP contribution in [-0.4, -0.2) is 24.9 Å². The predicted octanol–water partition coefficient (Wildman–Crippen LogP) is 0.444. The van der Waals surface area contributed by atoms with Crippen LogP contribution in [0.4, 0.5) is 0 Å². The summed E-state index contributed by atoms with van der Waals surface area (Å²) < 4.78 is 0. The second-order valence-electron chi connectivity index (χ2n) is 3.85. The van der Waals surface area contributed by atoms with E-state index in [-0.39, 0.29) is 11.8 Å². The van der Waals surface area contributed by atoms with Crippen LogP contribution >= 0.6 is 11.3 Å². The van der Waals surface area contributed by atoms with Crippen molar-refractivity contribution in [3.8, 4) is 11.8 Å². The zero-order valence-corrected chi connectivity index (χ0v) is 11.4. The molecule has 1 rings (SSSR count). The number of amides is 2. The van der Waals surface area contributed by atoms with Crippen LogP contribution in [0.25, 0.3) is 0 Å². The van der Waals surface area contributed by atoms with E-state index in [1.807, 2.05) is 0 Å². The molecule has 0 aliphatic carbocycles. The standard InChI is InChI=1S/C13H17N3O2S/c14-8-3-4-10-6-7-11(19-10)13(18)16-9-2-1-5-12(15)17/h6-7H,1-2,5,8-9,14H2,(H2,15,17)(H,16,18). The fraction of sp³-hybridized carbons (Fsp3) is 0.385. The van der Waals surface area contributed by atoms with E-state index in [1.165, 1.54) is 11.3 Å². The summed E-state index contributed by atoms with van der Waals surface area (Å²) in [6, 6.07) is 3.54. The van der Waals surface area contributed by atoms with Gasteiger partial charge in [-0.05, 0) is 25.0 Å². The molecule has 1 aromatic rings. The van der Waals surface area contributed by atoms with E-state index in [0.717, 1.165) is 11.3 Å². The smallest absolute Gasteiger partial charge is 0.261 e. The van der Waals surface area contributed by atoms with Gasteiger partial charge in [0.2, 0.25) is 5.91 Å². The van der Waals surface area contributed by atoms with Crippen LogP contribution in [0.3, 0.4) is 0 Å². The second-order valence-corrected chi connectivity index (χ2v) is 4.93. The first-order valence-corrected chi connectivity index (χ1v) is 6.80. The van der Waals surface area contributed by atoms with E-state index in [0.29, 0.717) is 30.8 Å². The summed E-state index contributed by atoms with van der Waals surface area (Å²) in [5.74, 6) is 5.19. The van der Waals surface area contributed by atoms with Gasteiger partial charge in [-0.1, -0.05) is 11.8 Å². The average molecular weight is 279 g/mol. The molecule has 19 heavy (non-hydrogen) atoms. The van der Waals surface area contributed by atoms with Gasteiger partial charge >= 0.3 is 0 Å². The monoisotopic (exact) mass is 279 g/mol. The van der Waals surface area contributed by atoms with Crippen LogP contribution in [0.1, 0.15) is 33.8 Å². The third-order valence-corrected chi connectivity index (χ3v) is 3.28. The molecule has 1 aromatic heterocycles. The predicted molar refractivity (Wildman–Crippen MR) is 75.6 cm³/mol. The van der Waals surface area contributed by atoms with Crippen molar-refractivity contribution in [2.24, 2.45) is 11.5 Å². The van der Waals surface area contributed by atoms with Crippen molar-refractivity contribution in [1.29, 1.82) is 0 Å². The van der Waals surface area contributed by atoms with E-state index < -0.39 is 0 Å². The molecule has 0 aliphatic rings. The SMILES string of the molecule is NCC#Cc1ccc(C(=O)NCCCCC(N)=O)s1.